The minimum Gasteiger partial charge on any atom is -0.468 e. The van der Waals surface area contributed by atoms with E-state index < -0.39 is 5.92 Å². The van der Waals surface area contributed by atoms with Crippen LogP contribution in [0.25, 0.3) is 0 Å². The first-order chi connectivity index (χ1) is 11.7. The summed E-state index contributed by atoms with van der Waals surface area (Å²) < 4.78 is 11.9. The van der Waals surface area contributed by atoms with Gasteiger partial charge in [-0.05, 0) is 23.0 Å². The fourth-order valence-electron chi connectivity index (χ4n) is 4.41. The number of hydrogen-bond donors (Lipinski definition) is 0. The van der Waals surface area contributed by atoms with Gasteiger partial charge >= 0.3 is 0 Å². The fraction of sp³-hybridized carbons (Fsp3) is 0.524. The largest absolute Gasteiger partial charge is 0.468 e. The van der Waals surface area contributed by atoms with Crippen molar-refractivity contribution in [3.05, 3.63) is 46.8 Å². The number of rotatable bonds is 1. The summed E-state index contributed by atoms with van der Waals surface area (Å²) in [7, 11) is 0. The molecule has 0 radical (unpaired) electrons. The lowest BCUT2D eigenvalue weighted by Crippen LogP contribution is -2.37. The van der Waals surface area contributed by atoms with Gasteiger partial charge in [0.2, 0.25) is 0 Å². The van der Waals surface area contributed by atoms with Crippen molar-refractivity contribution in [1.29, 1.82) is 0 Å². The molecule has 132 valence electrons. The van der Waals surface area contributed by atoms with E-state index in [1.165, 1.54) is 0 Å². The molecule has 2 heterocycles. The molecule has 2 aliphatic carbocycles. The molecule has 0 aromatic carbocycles. The van der Waals surface area contributed by atoms with Crippen LogP contribution in [0, 0.1) is 10.8 Å². The summed E-state index contributed by atoms with van der Waals surface area (Å²) in [6, 6.07) is 3.66. The molecule has 0 N–H and O–H groups in total. The van der Waals surface area contributed by atoms with Gasteiger partial charge in [0.25, 0.3) is 0 Å². The van der Waals surface area contributed by atoms with E-state index in [-0.39, 0.29) is 22.4 Å². The Balaban J connectivity index is 1.89. The van der Waals surface area contributed by atoms with Gasteiger partial charge in [0.15, 0.2) is 11.6 Å². The molecule has 1 aromatic rings. The Bertz CT molecular complexity index is 766. The molecule has 0 spiro atoms. The van der Waals surface area contributed by atoms with E-state index in [1.807, 2.05) is 6.07 Å². The van der Waals surface area contributed by atoms with Gasteiger partial charge in [0.1, 0.15) is 17.3 Å². The lowest BCUT2D eigenvalue weighted by Gasteiger charge is -2.42. The van der Waals surface area contributed by atoms with Gasteiger partial charge in [-0.15, -0.1) is 0 Å². The second kappa shape index (κ2) is 5.20. The fourth-order valence-corrected chi connectivity index (χ4v) is 4.41. The van der Waals surface area contributed by atoms with E-state index >= 15 is 0 Å². The number of ketones is 2. The van der Waals surface area contributed by atoms with E-state index in [0.29, 0.717) is 42.6 Å². The number of allylic oxidation sites excluding steroid dienone is 4. The molecule has 4 rings (SSSR count). The third kappa shape index (κ3) is 2.68. The first-order valence-electron chi connectivity index (χ1n) is 8.91. The lowest BCUT2D eigenvalue weighted by molar-refractivity contribution is -0.120. The van der Waals surface area contributed by atoms with Crippen LogP contribution in [0.3, 0.4) is 0 Å². The van der Waals surface area contributed by atoms with Crippen molar-refractivity contribution in [1.82, 2.24) is 0 Å². The number of Topliss-reactive ketones (excluding diaryl/α,β-unsaturated/α-hetero) is 2. The van der Waals surface area contributed by atoms with Crippen LogP contribution in [0.4, 0.5) is 0 Å². The molecule has 1 aliphatic heterocycles. The first kappa shape index (κ1) is 16.4. The summed E-state index contributed by atoms with van der Waals surface area (Å²) in [6.45, 7) is 8.33. The number of ether oxygens (including phenoxy) is 1. The van der Waals surface area contributed by atoms with Crippen molar-refractivity contribution >= 4 is 11.6 Å². The highest BCUT2D eigenvalue weighted by Gasteiger charge is 2.48. The van der Waals surface area contributed by atoms with E-state index in [4.69, 9.17) is 9.15 Å². The van der Waals surface area contributed by atoms with Gasteiger partial charge in [0.05, 0.1) is 12.2 Å². The summed E-state index contributed by atoms with van der Waals surface area (Å²) in [5, 5.41) is 0. The van der Waals surface area contributed by atoms with Crippen LogP contribution in [0.2, 0.25) is 0 Å². The molecule has 0 bridgehead atoms. The highest BCUT2D eigenvalue weighted by atomic mass is 16.5. The van der Waals surface area contributed by atoms with Crippen LogP contribution in [0.5, 0.6) is 0 Å². The van der Waals surface area contributed by atoms with Crippen molar-refractivity contribution < 1.29 is 18.7 Å². The Hall–Kier alpha value is -2.10. The maximum Gasteiger partial charge on any atom is 0.163 e. The minimum atomic E-state index is -0.416. The molecule has 0 fully saturated rings. The molecule has 4 heteroatoms. The smallest absolute Gasteiger partial charge is 0.163 e. The zero-order valence-electron chi connectivity index (χ0n) is 15.3. The maximum absolute atomic E-state index is 12.9. The number of carbonyl (C=O) groups excluding carboxylic acids is 2. The second-order valence-corrected chi connectivity index (χ2v) is 9.11. The number of furan rings is 1. The zero-order chi connectivity index (χ0) is 18.0. The van der Waals surface area contributed by atoms with Crippen molar-refractivity contribution in [2.24, 2.45) is 10.8 Å². The van der Waals surface area contributed by atoms with E-state index in [1.54, 1.807) is 12.3 Å². The Labute approximate surface area is 147 Å². The SMILES string of the molecule is CC1(C)CC(=O)C2=C(C1)OC1=C(C(=O)CC(C)(C)C1)C2c1ccco1. The molecular formula is C21H24O4. The van der Waals surface area contributed by atoms with Gasteiger partial charge in [-0.2, -0.15) is 0 Å². The predicted molar refractivity (Wildman–Crippen MR) is 92.6 cm³/mol. The highest BCUT2D eigenvalue weighted by molar-refractivity contribution is 6.06. The van der Waals surface area contributed by atoms with E-state index in [2.05, 4.69) is 27.7 Å². The van der Waals surface area contributed by atoms with Crippen LogP contribution in [-0.2, 0) is 14.3 Å². The normalized spacial score (nSPS) is 25.6. The molecule has 0 atom stereocenters. The van der Waals surface area contributed by atoms with E-state index in [9.17, 15) is 9.59 Å². The van der Waals surface area contributed by atoms with Crippen molar-refractivity contribution in [3.63, 3.8) is 0 Å². The Kier molecular flexibility index (Phi) is 3.40. The maximum atomic E-state index is 12.9. The molecule has 4 nitrogen and oxygen atoms in total. The molecule has 25 heavy (non-hydrogen) atoms. The summed E-state index contributed by atoms with van der Waals surface area (Å²) >= 11 is 0. The van der Waals surface area contributed by atoms with Crippen LogP contribution >= 0.6 is 0 Å². The van der Waals surface area contributed by atoms with Crippen molar-refractivity contribution in [2.75, 3.05) is 0 Å². The molecule has 0 saturated carbocycles. The zero-order valence-corrected chi connectivity index (χ0v) is 15.3. The third-order valence-electron chi connectivity index (χ3n) is 5.41. The average Bonchev–Trinajstić information content (AvgIpc) is 2.95. The summed E-state index contributed by atoms with van der Waals surface area (Å²) in [5.41, 5.74) is 0.994. The highest BCUT2D eigenvalue weighted by Crippen LogP contribution is 2.53. The van der Waals surface area contributed by atoms with Gasteiger partial charge in [-0.1, -0.05) is 27.7 Å². The third-order valence-corrected chi connectivity index (χ3v) is 5.41. The minimum absolute atomic E-state index is 0.0665. The number of carbonyl (C=O) groups is 2. The monoisotopic (exact) mass is 340 g/mol. The summed E-state index contributed by atoms with van der Waals surface area (Å²) in [6.07, 6.45) is 3.94. The van der Waals surface area contributed by atoms with Crippen molar-refractivity contribution in [2.45, 2.75) is 59.3 Å². The average molecular weight is 340 g/mol. The number of hydrogen-bond acceptors (Lipinski definition) is 4. The Morgan fingerprint density at radius 1 is 0.880 bits per heavy atom. The Morgan fingerprint density at radius 3 is 1.84 bits per heavy atom. The first-order valence-corrected chi connectivity index (χ1v) is 8.91. The quantitative estimate of drug-likeness (QED) is 0.745. The molecule has 3 aliphatic rings. The molecule has 0 amide bonds. The lowest BCUT2D eigenvalue weighted by atomic mass is 9.66. The van der Waals surface area contributed by atoms with Gasteiger partial charge in [-0.25, -0.2) is 0 Å². The van der Waals surface area contributed by atoms with Gasteiger partial charge < -0.3 is 9.15 Å². The molecule has 0 unspecified atom stereocenters. The van der Waals surface area contributed by atoms with Crippen LogP contribution in [-0.4, -0.2) is 11.6 Å². The van der Waals surface area contributed by atoms with E-state index in [0.717, 1.165) is 11.5 Å². The van der Waals surface area contributed by atoms with Crippen LogP contribution < -0.4 is 0 Å². The molecular weight excluding hydrogens is 316 g/mol. The molecule has 0 saturated heterocycles. The van der Waals surface area contributed by atoms with Crippen LogP contribution in [0.15, 0.2) is 45.5 Å². The van der Waals surface area contributed by atoms with Gasteiger partial charge in [-0.3, -0.25) is 9.59 Å². The van der Waals surface area contributed by atoms with Crippen LogP contribution in [0.1, 0.15) is 65.1 Å². The predicted octanol–water partition coefficient (Wildman–Crippen LogP) is 4.68. The summed E-state index contributed by atoms with van der Waals surface area (Å²) in [4.78, 5) is 25.9. The topological polar surface area (TPSA) is 56.5 Å². The second-order valence-electron chi connectivity index (χ2n) is 9.11. The molecule has 1 aromatic heterocycles. The van der Waals surface area contributed by atoms with Crippen molar-refractivity contribution in [3.8, 4) is 0 Å². The Morgan fingerprint density at radius 2 is 1.40 bits per heavy atom. The summed E-state index contributed by atoms with van der Waals surface area (Å²) in [5.74, 6) is 1.83. The van der Waals surface area contributed by atoms with Gasteiger partial charge in [0, 0.05) is 36.8 Å². The standard InChI is InChI=1S/C21H24O4/c1-20(2)8-12(22)17-15(10-20)25-16-11-21(3,4)9-13(23)18(16)19(17)14-6-5-7-24-14/h5-7,19H,8-11H2,1-4H3.